The van der Waals surface area contributed by atoms with Crippen molar-refractivity contribution in [3.63, 3.8) is 0 Å². The van der Waals surface area contributed by atoms with Gasteiger partial charge in [0.25, 0.3) is 0 Å². The average molecular weight is 288 g/mol. The normalized spacial score (nSPS) is 19.2. The molecule has 1 aliphatic heterocycles. The van der Waals surface area contributed by atoms with Crippen LogP contribution in [0.2, 0.25) is 0 Å². The number of aromatic nitrogens is 2. The van der Waals surface area contributed by atoms with E-state index >= 15 is 0 Å². The van der Waals surface area contributed by atoms with Crippen molar-refractivity contribution in [1.29, 1.82) is 0 Å². The molecule has 0 aromatic carbocycles. The summed E-state index contributed by atoms with van der Waals surface area (Å²) < 4.78 is 29.0. The van der Waals surface area contributed by atoms with E-state index in [2.05, 4.69) is 5.10 Å². The van der Waals surface area contributed by atoms with E-state index in [9.17, 15) is 13.2 Å². The minimum atomic E-state index is -2.90. The Bertz CT molecular complexity index is 564. The number of carboxylic acid groups (broad SMARTS) is 1. The quantitative estimate of drug-likeness (QED) is 0.862. The first-order valence-electron chi connectivity index (χ1n) is 5.96. The Kier molecular flexibility index (Phi) is 3.79. The first-order valence-corrected chi connectivity index (χ1v) is 7.78. The molecule has 0 saturated carbocycles. The summed E-state index contributed by atoms with van der Waals surface area (Å²) in [6, 6.07) is 0. The number of rotatable bonds is 4. The molecular formula is C11H16N2O5S. The lowest BCUT2D eigenvalue weighted by atomic mass is 10.0. The van der Waals surface area contributed by atoms with Crippen molar-refractivity contribution in [2.75, 3.05) is 18.6 Å². The molecule has 7 nitrogen and oxygen atoms in total. The number of methoxy groups -OCH3 is 1. The van der Waals surface area contributed by atoms with E-state index in [1.165, 1.54) is 18.0 Å². The first kappa shape index (κ1) is 13.9. The van der Waals surface area contributed by atoms with Crippen LogP contribution in [0.4, 0.5) is 0 Å². The van der Waals surface area contributed by atoms with E-state index in [1.807, 2.05) is 0 Å². The Labute approximate surface area is 111 Å². The zero-order valence-corrected chi connectivity index (χ0v) is 11.4. The monoisotopic (exact) mass is 288 g/mol. The third-order valence-electron chi connectivity index (χ3n) is 3.33. The van der Waals surface area contributed by atoms with Crippen molar-refractivity contribution in [2.45, 2.75) is 19.4 Å². The molecule has 0 atom stereocenters. The number of ether oxygens (including phenoxy) is 1. The summed E-state index contributed by atoms with van der Waals surface area (Å²) in [6.07, 6.45) is 2.45. The third kappa shape index (κ3) is 3.06. The van der Waals surface area contributed by atoms with Gasteiger partial charge >= 0.3 is 5.97 Å². The van der Waals surface area contributed by atoms with Crippen LogP contribution in [0, 0.1) is 5.92 Å². The van der Waals surface area contributed by atoms with Gasteiger partial charge in [0.2, 0.25) is 0 Å². The Morgan fingerprint density at radius 1 is 1.53 bits per heavy atom. The van der Waals surface area contributed by atoms with Crippen LogP contribution < -0.4 is 4.74 Å². The Morgan fingerprint density at radius 2 is 2.16 bits per heavy atom. The van der Waals surface area contributed by atoms with Gasteiger partial charge in [-0.1, -0.05) is 0 Å². The van der Waals surface area contributed by atoms with Crippen LogP contribution in [-0.4, -0.2) is 47.9 Å². The number of carbonyl (C=O) groups is 1. The molecule has 0 radical (unpaired) electrons. The molecule has 1 aromatic heterocycles. The van der Waals surface area contributed by atoms with Crippen LogP contribution in [0.5, 0.6) is 5.75 Å². The molecule has 1 N–H and O–H groups in total. The second-order valence-corrected chi connectivity index (χ2v) is 6.95. The summed E-state index contributed by atoms with van der Waals surface area (Å²) in [7, 11) is -1.51. The van der Waals surface area contributed by atoms with Crippen LogP contribution in [0.1, 0.15) is 23.3 Å². The van der Waals surface area contributed by atoms with Crippen molar-refractivity contribution in [3.8, 4) is 5.75 Å². The van der Waals surface area contributed by atoms with Gasteiger partial charge in [-0.3, -0.25) is 4.68 Å². The van der Waals surface area contributed by atoms with E-state index in [0.717, 1.165) is 0 Å². The van der Waals surface area contributed by atoms with E-state index < -0.39 is 15.8 Å². The second kappa shape index (κ2) is 5.20. The van der Waals surface area contributed by atoms with Gasteiger partial charge in [0.1, 0.15) is 9.84 Å². The summed E-state index contributed by atoms with van der Waals surface area (Å²) >= 11 is 0. The van der Waals surface area contributed by atoms with Gasteiger partial charge in [-0.05, 0) is 18.8 Å². The molecule has 1 aromatic rings. The SMILES string of the molecule is COc1cnn(CC2CCS(=O)(=O)CC2)c1C(=O)O. The fourth-order valence-electron chi connectivity index (χ4n) is 2.24. The van der Waals surface area contributed by atoms with E-state index in [0.29, 0.717) is 19.4 Å². The van der Waals surface area contributed by atoms with E-state index in [1.54, 1.807) is 0 Å². The number of aromatic carboxylic acids is 1. The largest absolute Gasteiger partial charge is 0.493 e. The summed E-state index contributed by atoms with van der Waals surface area (Å²) in [5, 5.41) is 13.1. The standard InChI is InChI=1S/C11H16N2O5S/c1-18-9-6-12-13(10(9)11(14)15)7-8-2-4-19(16,17)5-3-8/h6,8H,2-5,7H2,1H3,(H,14,15). The highest BCUT2D eigenvalue weighted by Gasteiger charge is 2.26. The molecule has 0 bridgehead atoms. The third-order valence-corrected chi connectivity index (χ3v) is 5.05. The van der Waals surface area contributed by atoms with Crippen molar-refractivity contribution >= 4 is 15.8 Å². The van der Waals surface area contributed by atoms with Gasteiger partial charge in [-0.25, -0.2) is 13.2 Å². The lowest BCUT2D eigenvalue weighted by Crippen LogP contribution is -2.27. The molecule has 0 amide bonds. The molecule has 106 valence electrons. The van der Waals surface area contributed by atoms with Crippen LogP contribution in [0.3, 0.4) is 0 Å². The number of nitrogens with zero attached hydrogens (tertiary/aromatic N) is 2. The predicted octanol–water partition coefficient (Wildman–Crippen LogP) is 0.415. The van der Waals surface area contributed by atoms with Crippen molar-refractivity contribution in [2.24, 2.45) is 5.92 Å². The number of hydrogen-bond donors (Lipinski definition) is 1. The van der Waals surface area contributed by atoms with Gasteiger partial charge in [-0.15, -0.1) is 0 Å². The molecule has 2 rings (SSSR count). The fraction of sp³-hybridized carbons (Fsp3) is 0.636. The number of hydrogen-bond acceptors (Lipinski definition) is 5. The maximum absolute atomic E-state index is 11.3. The van der Waals surface area contributed by atoms with Crippen molar-refractivity contribution in [3.05, 3.63) is 11.9 Å². The van der Waals surface area contributed by atoms with E-state index in [-0.39, 0.29) is 28.9 Å². The van der Waals surface area contributed by atoms with Crippen LogP contribution >= 0.6 is 0 Å². The first-order chi connectivity index (χ1) is 8.93. The van der Waals surface area contributed by atoms with Gasteiger partial charge in [0, 0.05) is 6.54 Å². The maximum Gasteiger partial charge on any atom is 0.358 e. The highest BCUT2D eigenvalue weighted by Crippen LogP contribution is 2.24. The minimum absolute atomic E-state index is 0.0101. The number of carboxylic acids is 1. The summed E-state index contributed by atoms with van der Waals surface area (Å²) in [6.45, 7) is 0.403. The Hall–Kier alpha value is -1.57. The van der Waals surface area contributed by atoms with Crippen LogP contribution in [0.25, 0.3) is 0 Å². The van der Waals surface area contributed by atoms with Gasteiger partial charge in [-0.2, -0.15) is 5.10 Å². The molecule has 1 saturated heterocycles. The summed E-state index contributed by atoms with van der Waals surface area (Å²) in [5.41, 5.74) is 0.0101. The average Bonchev–Trinajstić information content (AvgIpc) is 2.75. The Morgan fingerprint density at radius 3 is 2.68 bits per heavy atom. The molecule has 2 heterocycles. The molecule has 0 aliphatic carbocycles. The van der Waals surface area contributed by atoms with Crippen molar-refractivity contribution < 1.29 is 23.1 Å². The molecule has 0 unspecified atom stereocenters. The second-order valence-electron chi connectivity index (χ2n) is 4.64. The number of sulfone groups is 1. The molecule has 0 spiro atoms. The molecule has 19 heavy (non-hydrogen) atoms. The fourth-order valence-corrected chi connectivity index (χ4v) is 3.83. The summed E-state index contributed by atoms with van der Waals surface area (Å²) in [5.74, 6) is -0.420. The molecule has 1 aliphatic rings. The highest BCUT2D eigenvalue weighted by atomic mass is 32.2. The minimum Gasteiger partial charge on any atom is -0.493 e. The topological polar surface area (TPSA) is 98.5 Å². The van der Waals surface area contributed by atoms with Crippen molar-refractivity contribution in [1.82, 2.24) is 9.78 Å². The predicted molar refractivity (Wildman–Crippen MR) is 67.1 cm³/mol. The lowest BCUT2D eigenvalue weighted by molar-refractivity contribution is 0.0677. The van der Waals surface area contributed by atoms with Gasteiger partial charge in [0.15, 0.2) is 11.4 Å². The highest BCUT2D eigenvalue weighted by molar-refractivity contribution is 7.91. The maximum atomic E-state index is 11.3. The van der Waals surface area contributed by atoms with Gasteiger partial charge in [0.05, 0.1) is 24.8 Å². The van der Waals surface area contributed by atoms with Crippen LogP contribution in [-0.2, 0) is 16.4 Å². The molecule has 1 fully saturated rings. The zero-order valence-electron chi connectivity index (χ0n) is 10.6. The zero-order chi connectivity index (χ0) is 14.0. The lowest BCUT2D eigenvalue weighted by Gasteiger charge is -2.22. The smallest absolute Gasteiger partial charge is 0.358 e. The van der Waals surface area contributed by atoms with E-state index in [4.69, 9.17) is 9.84 Å². The Balaban J connectivity index is 2.12. The summed E-state index contributed by atoms with van der Waals surface area (Å²) in [4.78, 5) is 11.2. The van der Waals surface area contributed by atoms with Gasteiger partial charge < -0.3 is 9.84 Å². The molecular weight excluding hydrogens is 272 g/mol. The van der Waals surface area contributed by atoms with Crippen LogP contribution in [0.15, 0.2) is 6.20 Å². The molecule has 8 heteroatoms.